The molecule has 1 aromatic rings. The zero-order valence-electron chi connectivity index (χ0n) is 14.3. The lowest BCUT2D eigenvalue weighted by molar-refractivity contribution is -0.385. The summed E-state index contributed by atoms with van der Waals surface area (Å²) in [7, 11) is 1.34. The van der Waals surface area contributed by atoms with Gasteiger partial charge in [-0.15, -0.1) is 0 Å². The number of nitro benzene ring substituents is 1. The van der Waals surface area contributed by atoms with Crippen molar-refractivity contribution in [3.63, 3.8) is 0 Å². The maximum atomic E-state index is 12.4. The highest BCUT2D eigenvalue weighted by atomic mass is 16.6. The van der Waals surface area contributed by atoms with E-state index in [4.69, 9.17) is 4.74 Å². The Kier molecular flexibility index (Phi) is 6.12. The number of carbonyl (C=O) groups excluding carboxylic acids is 1. The van der Waals surface area contributed by atoms with Crippen LogP contribution in [0, 0.1) is 27.4 Å². The minimum Gasteiger partial charge on any atom is -0.490 e. The van der Waals surface area contributed by atoms with Gasteiger partial charge in [-0.2, -0.15) is 5.26 Å². The molecule has 2 rings (SSSR count). The van der Waals surface area contributed by atoms with Crippen LogP contribution < -0.4 is 10.1 Å². The highest BCUT2D eigenvalue weighted by Crippen LogP contribution is 2.28. The lowest BCUT2D eigenvalue weighted by atomic mass is 9.86. The van der Waals surface area contributed by atoms with Crippen LogP contribution in [0.1, 0.15) is 38.2 Å². The van der Waals surface area contributed by atoms with E-state index >= 15 is 0 Å². The Hall–Kier alpha value is -2.88. The molecule has 0 spiro atoms. The first-order valence-corrected chi connectivity index (χ1v) is 8.21. The summed E-state index contributed by atoms with van der Waals surface area (Å²) < 4.78 is 4.95. The summed E-state index contributed by atoms with van der Waals surface area (Å²) in [4.78, 5) is 22.9. The first-order valence-electron chi connectivity index (χ1n) is 8.21. The number of nitro groups is 1. The van der Waals surface area contributed by atoms with Gasteiger partial charge >= 0.3 is 5.69 Å². The number of nitrogens with one attached hydrogen (secondary N) is 1. The fourth-order valence-corrected chi connectivity index (χ4v) is 3.03. The Bertz CT molecular complexity index is 736. The predicted molar refractivity (Wildman–Crippen MR) is 92.8 cm³/mol. The van der Waals surface area contributed by atoms with Crippen LogP contribution in [0.5, 0.6) is 5.75 Å². The molecule has 25 heavy (non-hydrogen) atoms. The van der Waals surface area contributed by atoms with Crippen LogP contribution >= 0.6 is 0 Å². The van der Waals surface area contributed by atoms with Crippen LogP contribution in [-0.2, 0) is 4.79 Å². The van der Waals surface area contributed by atoms with Gasteiger partial charge < -0.3 is 10.1 Å². The van der Waals surface area contributed by atoms with Crippen LogP contribution in [0.2, 0.25) is 0 Å². The number of methoxy groups -OCH3 is 1. The maximum absolute atomic E-state index is 12.4. The molecule has 0 aliphatic heterocycles. The summed E-state index contributed by atoms with van der Waals surface area (Å²) in [5.74, 6) is 0.0561. The molecule has 1 amide bonds. The third-order valence-corrected chi connectivity index (χ3v) is 4.50. The van der Waals surface area contributed by atoms with E-state index in [1.54, 1.807) is 6.07 Å². The fourth-order valence-electron chi connectivity index (χ4n) is 3.03. The standard InChI is InChI=1S/C18H21N3O4/c1-12-5-3-4-6-15(12)20-18(22)14(11-19)9-13-7-8-17(25-2)16(10-13)21(23)24/h7-10,12,15H,3-6H2,1-2H3,(H,20,22)/b14-9+/t12-,15-/m0/s1. The maximum Gasteiger partial charge on any atom is 0.311 e. The van der Waals surface area contributed by atoms with Crippen molar-refractivity contribution in [2.45, 2.75) is 38.6 Å². The van der Waals surface area contributed by atoms with E-state index in [0.717, 1.165) is 25.7 Å². The van der Waals surface area contributed by atoms with Crippen LogP contribution in [-0.4, -0.2) is 24.0 Å². The number of ether oxygens (including phenoxy) is 1. The Labute approximate surface area is 146 Å². The molecule has 7 heteroatoms. The van der Waals surface area contributed by atoms with E-state index in [2.05, 4.69) is 12.2 Å². The number of rotatable bonds is 5. The number of hydrogen-bond acceptors (Lipinski definition) is 5. The van der Waals surface area contributed by atoms with Crippen molar-refractivity contribution in [3.8, 4) is 11.8 Å². The topological polar surface area (TPSA) is 105 Å². The molecule has 2 atom stereocenters. The van der Waals surface area contributed by atoms with Crippen LogP contribution in [0.3, 0.4) is 0 Å². The molecule has 0 heterocycles. The van der Waals surface area contributed by atoms with E-state index in [9.17, 15) is 20.2 Å². The van der Waals surface area contributed by atoms with Gasteiger partial charge in [0.25, 0.3) is 5.91 Å². The second-order valence-electron chi connectivity index (χ2n) is 6.20. The predicted octanol–water partition coefficient (Wildman–Crippen LogP) is 3.21. The zero-order valence-corrected chi connectivity index (χ0v) is 14.3. The van der Waals surface area contributed by atoms with Crippen molar-refractivity contribution in [2.24, 2.45) is 5.92 Å². The van der Waals surface area contributed by atoms with Crippen molar-refractivity contribution in [1.82, 2.24) is 5.32 Å². The van der Waals surface area contributed by atoms with Gasteiger partial charge in [-0.25, -0.2) is 0 Å². The van der Waals surface area contributed by atoms with E-state index in [1.807, 2.05) is 6.07 Å². The van der Waals surface area contributed by atoms with Gasteiger partial charge in [0.15, 0.2) is 5.75 Å². The molecule has 0 bridgehead atoms. The first-order chi connectivity index (χ1) is 12.0. The highest BCUT2D eigenvalue weighted by molar-refractivity contribution is 6.01. The summed E-state index contributed by atoms with van der Waals surface area (Å²) in [5, 5.41) is 23.3. The highest BCUT2D eigenvalue weighted by Gasteiger charge is 2.24. The van der Waals surface area contributed by atoms with Gasteiger partial charge in [0, 0.05) is 12.1 Å². The van der Waals surface area contributed by atoms with Crippen molar-refractivity contribution in [1.29, 1.82) is 5.26 Å². The third-order valence-electron chi connectivity index (χ3n) is 4.50. The molecule has 0 radical (unpaired) electrons. The Morgan fingerprint density at radius 2 is 2.16 bits per heavy atom. The van der Waals surface area contributed by atoms with Crippen molar-refractivity contribution in [2.75, 3.05) is 7.11 Å². The van der Waals surface area contributed by atoms with Crippen LogP contribution in [0.25, 0.3) is 6.08 Å². The van der Waals surface area contributed by atoms with Gasteiger partial charge in [0.2, 0.25) is 0 Å². The van der Waals surface area contributed by atoms with Crippen LogP contribution in [0.15, 0.2) is 23.8 Å². The number of hydrogen-bond donors (Lipinski definition) is 1. The summed E-state index contributed by atoms with van der Waals surface area (Å²) in [6.45, 7) is 2.09. The lowest BCUT2D eigenvalue weighted by Gasteiger charge is -2.29. The van der Waals surface area contributed by atoms with Gasteiger partial charge in [0.05, 0.1) is 12.0 Å². The quantitative estimate of drug-likeness (QED) is 0.382. The molecule has 1 aliphatic carbocycles. The van der Waals surface area contributed by atoms with E-state index in [-0.39, 0.29) is 23.1 Å². The van der Waals surface area contributed by atoms with Gasteiger partial charge in [-0.05, 0) is 36.5 Å². The van der Waals surface area contributed by atoms with E-state index < -0.39 is 10.8 Å². The molecule has 1 fully saturated rings. The molecular formula is C18H21N3O4. The molecule has 0 aromatic heterocycles. The summed E-state index contributed by atoms with van der Waals surface area (Å²) in [6, 6.07) is 6.24. The van der Waals surface area contributed by atoms with E-state index in [1.165, 1.54) is 25.3 Å². The average Bonchev–Trinajstić information content (AvgIpc) is 2.61. The Morgan fingerprint density at radius 1 is 1.44 bits per heavy atom. The van der Waals surface area contributed by atoms with Gasteiger partial charge in [-0.3, -0.25) is 14.9 Å². The molecular weight excluding hydrogens is 322 g/mol. The summed E-state index contributed by atoms with van der Waals surface area (Å²) in [5.41, 5.74) is 0.114. The molecule has 0 unspecified atom stereocenters. The molecule has 1 aliphatic rings. The molecule has 1 N–H and O–H groups in total. The smallest absolute Gasteiger partial charge is 0.311 e. The largest absolute Gasteiger partial charge is 0.490 e. The average molecular weight is 343 g/mol. The van der Waals surface area contributed by atoms with E-state index in [0.29, 0.717) is 11.5 Å². The third kappa shape index (κ3) is 4.57. The monoisotopic (exact) mass is 343 g/mol. The van der Waals surface area contributed by atoms with Gasteiger partial charge in [0.1, 0.15) is 11.6 Å². The first kappa shape index (κ1) is 18.5. The second-order valence-corrected chi connectivity index (χ2v) is 6.20. The molecule has 132 valence electrons. The molecule has 0 saturated heterocycles. The van der Waals surface area contributed by atoms with Crippen LogP contribution in [0.4, 0.5) is 5.69 Å². The van der Waals surface area contributed by atoms with Crippen molar-refractivity contribution >= 4 is 17.7 Å². The number of nitrogens with zero attached hydrogens (tertiary/aromatic N) is 2. The number of benzene rings is 1. The Balaban J connectivity index is 2.22. The SMILES string of the molecule is COc1ccc(/C=C(\C#N)C(=O)N[C@H]2CCCC[C@@H]2C)cc1[N+](=O)[O-]. The lowest BCUT2D eigenvalue weighted by Crippen LogP contribution is -2.41. The molecule has 1 aromatic carbocycles. The fraction of sp³-hybridized carbons (Fsp3) is 0.444. The minimum atomic E-state index is -0.563. The molecule has 1 saturated carbocycles. The molecule has 7 nitrogen and oxygen atoms in total. The number of nitriles is 1. The Morgan fingerprint density at radius 3 is 2.76 bits per heavy atom. The van der Waals surface area contributed by atoms with Crippen molar-refractivity contribution < 1.29 is 14.5 Å². The van der Waals surface area contributed by atoms with Gasteiger partial charge in [-0.1, -0.05) is 25.8 Å². The minimum absolute atomic E-state index is 0.0585. The van der Waals surface area contributed by atoms with Crippen molar-refractivity contribution in [3.05, 3.63) is 39.4 Å². The normalized spacial score (nSPS) is 20.4. The number of carbonyl (C=O) groups is 1. The zero-order chi connectivity index (χ0) is 18.4. The second kappa shape index (κ2) is 8.29. The summed E-state index contributed by atoms with van der Waals surface area (Å²) in [6.07, 6.45) is 5.53. The summed E-state index contributed by atoms with van der Waals surface area (Å²) >= 11 is 0. The number of amides is 1.